The molecule has 0 N–H and O–H groups in total. The number of hydrogen-bond acceptors (Lipinski definition) is 3. The molecule has 86 valence electrons. The Kier molecular flexibility index (Phi) is 2.11. The Morgan fingerprint density at radius 3 is 2.31 bits per heavy atom. The Bertz CT molecular complexity index is 499. The normalized spacial score (nSPS) is 29.1. The van der Waals surface area contributed by atoms with Gasteiger partial charge in [0.1, 0.15) is 0 Å². The van der Waals surface area contributed by atoms with E-state index in [1.807, 2.05) is 19.1 Å². The predicted octanol–water partition coefficient (Wildman–Crippen LogP) is 0.767. The number of fused-ring (bicyclic) bond motifs is 1. The number of ether oxygens (including phenoxy) is 1. The van der Waals surface area contributed by atoms with Crippen molar-refractivity contribution >= 4 is 10.0 Å². The zero-order valence-corrected chi connectivity index (χ0v) is 9.78. The molecule has 1 aromatic carbocycles. The van der Waals surface area contributed by atoms with E-state index in [-0.39, 0.29) is 12.2 Å². The van der Waals surface area contributed by atoms with Crippen LogP contribution in [0.15, 0.2) is 29.2 Å². The molecule has 4 nitrogen and oxygen atoms in total. The average Bonchev–Trinajstić information content (AvgIpc) is 2.86. The van der Waals surface area contributed by atoms with Crippen LogP contribution in [0.2, 0.25) is 0 Å². The van der Waals surface area contributed by atoms with Crippen molar-refractivity contribution in [2.45, 2.75) is 24.0 Å². The fourth-order valence-electron chi connectivity index (χ4n) is 2.03. The molecule has 0 unspecified atom stereocenters. The molecule has 0 bridgehead atoms. The molecule has 0 radical (unpaired) electrons. The van der Waals surface area contributed by atoms with Crippen molar-refractivity contribution in [1.29, 1.82) is 0 Å². The van der Waals surface area contributed by atoms with Crippen LogP contribution in [0.5, 0.6) is 0 Å². The van der Waals surface area contributed by atoms with Crippen LogP contribution in [0.3, 0.4) is 0 Å². The van der Waals surface area contributed by atoms with Gasteiger partial charge in [0.05, 0.1) is 17.1 Å². The van der Waals surface area contributed by atoms with Crippen molar-refractivity contribution in [3.8, 4) is 0 Å². The van der Waals surface area contributed by atoms with Crippen LogP contribution in [0.4, 0.5) is 0 Å². The minimum Gasteiger partial charge on any atom is -0.367 e. The fraction of sp³-hybridized carbons (Fsp3) is 0.455. The summed E-state index contributed by atoms with van der Waals surface area (Å²) in [5.41, 5.74) is 1.06. The Morgan fingerprint density at radius 2 is 1.75 bits per heavy atom. The van der Waals surface area contributed by atoms with Gasteiger partial charge < -0.3 is 4.74 Å². The van der Waals surface area contributed by atoms with Crippen LogP contribution < -0.4 is 0 Å². The van der Waals surface area contributed by atoms with Gasteiger partial charge in [-0.25, -0.2) is 8.42 Å². The second kappa shape index (κ2) is 3.29. The number of rotatable bonds is 2. The highest BCUT2D eigenvalue weighted by atomic mass is 32.2. The SMILES string of the molecule is Cc1ccc(S(=O)(=O)N2C[C@H]3O[C@@H]3C2)cc1. The molecule has 2 atom stereocenters. The van der Waals surface area contributed by atoms with E-state index in [9.17, 15) is 8.42 Å². The zero-order valence-electron chi connectivity index (χ0n) is 8.96. The van der Waals surface area contributed by atoms with Crippen LogP contribution >= 0.6 is 0 Å². The lowest BCUT2D eigenvalue weighted by Crippen LogP contribution is -2.31. The van der Waals surface area contributed by atoms with Gasteiger partial charge in [0, 0.05) is 13.1 Å². The van der Waals surface area contributed by atoms with E-state index in [1.165, 1.54) is 4.31 Å². The summed E-state index contributed by atoms with van der Waals surface area (Å²) in [6, 6.07) is 6.96. The highest BCUT2D eigenvalue weighted by Gasteiger charge is 2.50. The molecule has 5 heteroatoms. The van der Waals surface area contributed by atoms with Gasteiger partial charge in [0.15, 0.2) is 0 Å². The van der Waals surface area contributed by atoms with E-state index in [0.29, 0.717) is 18.0 Å². The van der Waals surface area contributed by atoms with E-state index in [1.54, 1.807) is 12.1 Å². The lowest BCUT2D eigenvalue weighted by atomic mass is 10.2. The summed E-state index contributed by atoms with van der Waals surface area (Å²) in [7, 11) is -3.30. The molecule has 2 heterocycles. The summed E-state index contributed by atoms with van der Waals surface area (Å²) in [4.78, 5) is 0.374. The predicted molar refractivity (Wildman–Crippen MR) is 58.6 cm³/mol. The van der Waals surface area contributed by atoms with Crippen LogP contribution in [0.25, 0.3) is 0 Å². The first kappa shape index (κ1) is 10.3. The number of sulfonamides is 1. The van der Waals surface area contributed by atoms with Gasteiger partial charge in [0.25, 0.3) is 0 Å². The molecule has 0 saturated carbocycles. The molecular weight excluding hydrogens is 226 g/mol. The third-order valence-corrected chi connectivity index (χ3v) is 4.96. The summed E-state index contributed by atoms with van der Waals surface area (Å²) < 4.78 is 31.1. The number of nitrogens with zero attached hydrogens (tertiary/aromatic N) is 1. The quantitative estimate of drug-likeness (QED) is 0.716. The molecule has 0 aromatic heterocycles. The molecule has 1 aromatic rings. The number of aryl methyl sites for hydroxylation is 1. The second-order valence-corrected chi connectivity index (χ2v) is 6.29. The summed E-state index contributed by atoms with van der Waals surface area (Å²) >= 11 is 0. The standard InChI is InChI=1S/C11H13NO3S/c1-8-2-4-9(5-3-8)16(13,14)12-6-10-11(7-12)15-10/h2-5,10-11H,6-7H2,1H3/t10-,11-/m1/s1. The third kappa shape index (κ3) is 1.55. The van der Waals surface area contributed by atoms with Gasteiger partial charge in [-0.1, -0.05) is 17.7 Å². The first-order valence-electron chi connectivity index (χ1n) is 5.30. The molecule has 0 amide bonds. The number of hydrogen-bond donors (Lipinski definition) is 0. The Morgan fingerprint density at radius 1 is 1.19 bits per heavy atom. The van der Waals surface area contributed by atoms with E-state index in [2.05, 4.69) is 0 Å². The van der Waals surface area contributed by atoms with Crippen LogP contribution in [0.1, 0.15) is 5.56 Å². The fourth-order valence-corrected chi connectivity index (χ4v) is 3.50. The van der Waals surface area contributed by atoms with Crippen molar-refractivity contribution < 1.29 is 13.2 Å². The summed E-state index contributed by atoms with van der Waals surface area (Å²) in [6.07, 6.45) is 0.278. The van der Waals surface area contributed by atoms with E-state index >= 15 is 0 Å². The minimum absolute atomic E-state index is 0.139. The van der Waals surface area contributed by atoms with Gasteiger partial charge in [-0.05, 0) is 19.1 Å². The molecule has 2 aliphatic heterocycles. The molecule has 0 aliphatic carbocycles. The monoisotopic (exact) mass is 239 g/mol. The molecule has 2 fully saturated rings. The highest BCUT2D eigenvalue weighted by Crippen LogP contribution is 2.33. The van der Waals surface area contributed by atoms with Crippen LogP contribution in [0, 0.1) is 6.92 Å². The van der Waals surface area contributed by atoms with Crippen LogP contribution in [-0.2, 0) is 14.8 Å². The third-order valence-electron chi connectivity index (χ3n) is 3.11. The Labute approximate surface area is 94.9 Å². The smallest absolute Gasteiger partial charge is 0.243 e. The van der Waals surface area contributed by atoms with Crippen molar-refractivity contribution in [1.82, 2.24) is 4.31 Å². The van der Waals surface area contributed by atoms with E-state index in [4.69, 9.17) is 4.74 Å². The zero-order chi connectivity index (χ0) is 11.3. The maximum absolute atomic E-state index is 12.2. The molecule has 0 spiro atoms. The molecule has 2 aliphatic rings. The Hall–Kier alpha value is -0.910. The molecule has 3 rings (SSSR count). The maximum atomic E-state index is 12.2. The van der Waals surface area contributed by atoms with E-state index < -0.39 is 10.0 Å². The molecule has 16 heavy (non-hydrogen) atoms. The Balaban J connectivity index is 1.89. The van der Waals surface area contributed by atoms with Crippen molar-refractivity contribution in [2.24, 2.45) is 0 Å². The molecule has 2 saturated heterocycles. The largest absolute Gasteiger partial charge is 0.367 e. The summed E-state index contributed by atoms with van der Waals surface area (Å²) in [6.45, 7) is 2.94. The van der Waals surface area contributed by atoms with Gasteiger partial charge in [-0.15, -0.1) is 0 Å². The molecular formula is C11H13NO3S. The number of benzene rings is 1. The first-order chi connectivity index (χ1) is 7.57. The van der Waals surface area contributed by atoms with Gasteiger partial charge in [-0.3, -0.25) is 0 Å². The first-order valence-corrected chi connectivity index (χ1v) is 6.74. The van der Waals surface area contributed by atoms with Crippen molar-refractivity contribution in [3.05, 3.63) is 29.8 Å². The van der Waals surface area contributed by atoms with Crippen molar-refractivity contribution in [2.75, 3.05) is 13.1 Å². The second-order valence-electron chi connectivity index (χ2n) is 4.35. The van der Waals surface area contributed by atoms with Gasteiger partial charge >= 0.3 is 0 Å². The highest BCUT2D eigenvalue weighted by molar-refractivity contribution is 7.89. The maximum Gasteiger partial charge on any atom is 0.243 e. The van der Waals surface area contributed by atoms with Gasteiger partial charge in [0.2, 0.25) is 10.0 Å². The lowest BCUT2D eigenvalue weighted by Gasteiger charge is -2.17. The topological polar surface area (TPSA) is 49.9 Å². The van der Waals surface area contributed by atoms with Gasteiger partial charge in [-0.2, -0.15) is 4.31 Å². The number of epoxide rings is 1. The summed E-state index contributed by atoms with van der Waals surface area (Å²) in [5, 5.41) is 0. The summed E-state index contributed by atoms with van der Waals surface area (Å²) in [5.74, 6) is 0. The average molecular weight is 239 g/mol. The number of morpholine rings is 1. The van der Waals surface area contributed by atoms with E-state index in [0.717, 1.165) is 5.56 Å². The lowest BCUT2D eigenvalue weighted by molar-refractivity contribution is 0.272. The minimum atomic E-state index is -3.30. The van der Waals surface area contributed by atoms with Crippen molar-refractivity contribution in [3.63, 3.8) is 0 Å². The van der Waals surface area contributed by atoms with Crippen LogP contribution in [-0.4, -0.2) is 38.0 Å².